The number of oxime groups is 1. The maximum Gasteiger partial charge on any atom is 0.280 e. The summed E-state index contributed by atoms with van der Waals surface area (Å²) in [5.74, 6) is -0.544. The second kappa shape index (κ2) is 8.54. The molecule has 0 spiro atoms. The molecule has 0 unspecified atom stereocenters. The highest BCUT2D eigenvalue weighted by Gasteiger charge is 2.22. The van der Waals surface area contributed by atoms with Gasteiger partial charge >= 0.3 is 0 Å². The van der Waals surface area contributed by atoms with Gasteiger partial charge in [0.2, 0.25) is 5.13 Å². The summed E-state index contributed by atoms with van der Waals surface area (Å²) in [7, 11) is -3.49. The van der Waals surface area contributed by atoms with Gasteiger partial charge in [-0.3, -0.25) is 10.1 Å². The van der Waals surface area contributed by atoms with Crippen LogP contribution in [0.1, 0.15) is 36.3 Å². The molecular weight excluding hydrogens is 424 g/mol. The van der Waals surface area contributed by atoms with Crippen molar-refractivity contribution in [3.8, 4) is 0 Å². The highest BCUT2D eigenvalue weighted by Crippen LogP contribution is 2.25. The van der Waals surface area contributed by atoms with E-state index in [2.05, 4.69) is 20.7 Å². The van der Waals surface area contributed by atoms with Gasteiger partial charge < -0.3 is 4.84 Å². The molecule has 1 N–H and O–H groups in total. The SMILES string of the molecule is Cc1nnc(NC(=O)/C(=N\OC2CCCC2)c2ccc(S(C)(=O)=O)c(Cl)c2)s1. The fourth-order valence-corrected chi connectivity index (χ4v) is 4.71. The molecule has 150 valence electrons. The molecule has 1 amide bonds. The van der Waals surface area contributed by atoms with Crippen molar-refractivity contribution in [2.75, 3.05) is 11.6 Å². The molecule has 0 radical (unpaired) electrons. The van der Waals surface area contributed by atoms with Crippen LogP contribution in [0.25, 0.3) is 0 Å². The number of halogens is 1. The minimum atomic E-state index is -3.49. The van der Waals surface area contributed by atoms with Gasteiger partial charge in [-0.1, -0.05) is 34.2 Å². The predicted molar refractivity (Wildman–Crippen MR) is 108 cm³/mol. The first-order valence-corrected chi connectivity index (χ1v) is 11.7. The van der Waals surface area contributed by atoms with Crippen molar-refractivity contribution in [2.45, 2.75) is 43.6 Å². The van der Waals surface area contributed by atoms with Crippen LogP contribution in [0.2, 0.25) is 5.02 Å². The summed E-state index contributed by atoms with van der Waals surface area (Å²) in [6.07, 6.45) is 4.89. The van der Waals surface area contributed by atoms with Gasteiger partial charge in [-0.25, -0.2) is 8.42 Å². The van der Waals surface area contributed by atoms with E-state index in [9.17, 15) is 13.2 Å². The van der Waals surface area contributed by atoms with Gasteiger partial charge in [0.05, 0.1) is 9.92 Å². The predicted octanol–water partition coefficient (Wildman–Crippen LogP) is 3.21. The molecule has 1 saturated carbocycles. The van der Waals surface area contributed by atoms with Crippen LogP contribution < -0.4 is 5.32 Å². The van der Waals surface area contributed by atoms with Gasteiger partial charge in [-0.2, -0.15) is 0 Å². The zero-order valence-electron chi connectivity index (χ0n) is 15.3. The third kappa shape index (κ3) is 5.06. The van der Waals surface area contributed by atoms with E-state index in [-0.39, 0.29) is 21.7 Å². The van der Waals surface area contributed by atoms with Crippen molar-refractivity contribution in [3.05, 3.63) is 33.8 Å². The van der Waals surface area contributed by atoms with E-state index in [0.717, 1.165) is 31.9 Å². The summed E-state index contributed by atoms with van der Waals surface area (Å²) in [5.41, 5.74) is 0.329. The van der Waals surface area contributed by atoms with Crippen molar-refractivity contribution >= 4 is 49.5 Å². The van der Waals surface area contributed by atoms with Gasteiger partial charge in [-0.05, 0) is 44.7 Å². The minimum absolute atomic E-state index is 0.00752. The lowest BCUT2D eigenvalue weighted by Crippen LogP contribution is -2.25. The quantitative estimate of drug-likeness (QED) is 0.543. The normalized spacial score (nSPS) is 15.6. The van der Waals surface area contributed by atoms with Crippen LogP contribution in [-0.2, 0) is 19.5 Å². The third-order valence-electron chi connectivity index (χ3n) is 4.16. The maximum atomic E-state index is 12.8. The molecule has 0 atom stereocenters. The molecule has 3 rings (SSSR count). The number of benzene rings is 1. The Morgan fingerprint density at radius 3 is 2.61 bits per heavy atom. The summed E-state index contributed by atoms with van der Waals surface area (Å²) in [4.78, 5) is 18.3. The highest BCUT2D eigenvalue weighted by molar-refractivity contribution is 7.90. The van der Waals surface area contributed by atoms with Crippen LogP contribution in [0.15, 0.2) is 28.3 Å². The largest absolute Gasteiger partial charge is 0.392 e. The molecule has 0 aliphatic heterocycles. The topological polar surface area (TPSA) is 111 Å². The smallest absolute Gasteiger partial charge is 0.280 e. The number of hydrogen-bond donors (Lipinski definition) is 1. The monoisotopic (exact) mass is 442 g/mol. The van der Waals surface area contributed by atoms with E-state index in [1.807, 2.05) is 0 Å². The maximum absolute atomic E-state index is 12.8. The van der Waals surface area contributed by atoms with E-state index in [0.29, 0.717) is 15.7 Å². The lowest BCUT2D eigenvalue weighted by Gasteiger charge is -2.11. The zero-order chi connectivity index (χ0) is 20.3. The molecule has 0 saturated heterocycles. The van der Waals surface area contributed by atoms with Crippen LogP contribution in [0, 0.1) is 6.92 Å². The Balaban J connectivity index is 1.92. The lowest BCUT2D eigenvalue weighted by atomic mass is 10.1. The number of nitrogens with one attached hydrogen (secondary N) is 1. The Labute approximate surface area is 171 Å². The van der Waals surface area contributed by atoms with E-state index in [4.69, 9.17) is 16.4 Å². The molecule has 1 aliphatic carbocycles. The zero-order valence-corrected chi connectivity index (χ0v) is 17.7. The number of aromatic nitrogens is 2. The number of amides is 1. The standard InChI is InChI=1S/C17H19ClN4O4S2/c1-10-20-21-17(27-10)19-16(23)15(22-26-12-5-3-4-6-12)11-7-8-14(13(18)9-11)28(2,24)25/h7-9,12H,3-6H2,1-2H3,(H,19,21,23)/b22-15-. The van der Waals surface area contributed by atoms with Gasteiger partial charge in [0, 0.05) is 11.8 Å². The van der Waals surface area contributed by atoms with E-state index in [1.165, 1.54) is 29.5 Å². The molecule has 1 fully saturated rings. The van der Waals surface area contributed by atoms with Crippen LogP contribution in [-0.4, -0.2) is 42.6 Å². The lowest BCUT2D eigenvalue weighted by molar-refractivity contribution is -0.110. The van der Waals surface area contributed by atoms with Crippen molar-refractivity contribution in [3.63, 3.8) is 0 Å². The number of anilines is 1. The first-order valence-electron chi connectivity index (χ1n) is 8.59. The number of aryl methyl sites for hydroxylation is 1. The summed E-state index contributed by atoms with van der Waals surface area (Å²) < 4.78 is 23.6. The first kappa shape index (κ1) is 20.7. The Morgan fingerprint density at radius 2 is 2.04 bits per heavy atom. The third-order valence-corrected chi connectivity index (χ3v) is 6.50. The molecule has 1 aliphatic rings. The minimum Gasteiger partial charge on any atom is -0.392 e. The first-order chi connectivity index (χ1) is 13.2. The molecule has 8 nitrogen and oxygen atoms in total. The molecule has 2 aromatic rings. The van der Waals surface area contributed by atoms with Crippen LogP contribution in [0.4, 0.5) is 5.13 Å². The van der Waals surface area contributed by atoms with Crippen LogP contribution >= 0.6 is 22.9 Å². The van der Waals surface area contributed by atoms with E-state index < -0.39 is 15.7 Å². The number of nitrogens with zero attached hydrogens (tertiary/aromatic N) is 3. The number of carbonyl (C=O) groups is 1. The average Bonchev–Trinajstić information content (AvgIpc) is 3.26. The Morgan fingerprint density at radius 1 is 1.32 bits per heavy atom. The number of rotatable bonds is 6. The highest BCUT2D eigenvalue weighted by atomic mass is 35.5. The number of hydrogen-bond acceptors (Lipinski definition) is 8. The Bertz CT molecular complexity index is 1010. The number of carbonyl (C=O) groups excluding carboxylic acids is 1. The summed E-state index contributed by atoms with van der Waals surface area (Å²) in [6.45, 7) is 1.77. The van der Waals surface area contributed by atoms with E-state index in [1.54, 1.807) is 6.92 Å². The molecular formula is C17H19ClN4O4S2. The molecule has 11 heteroatoms. The summed E-state index contributed by atoms with van der Waals surface area (Å²) >= 11 is 7.35. The van der Waals surface area contributed by atoms with Crippen molar-refractivity contribution in [1.82, 2.24) is 10.2 Å². The van der Waals surface area contributed by atoms with E-state index >= 15 is 0 Å². The fourth-order valence-electron chi connectivity index (χ4n) is 2.80. The summed E-state index contributed by atoms with van der Waals surface area (Å²) in [5, 5.41) is 15.5. The summed E-state index contributed by atoms with van der Waals surface area (Å²) in [6, 6.07) is 4.21. The fraction of sp³-hybridized carbons (Fsp3) is 0.412. The van der Waals surface area contributed by atoms with Crippen molar-refractivity contribution in [2.24, 2.45) is 5.16 Å². The van der Waals surface area contributed by atoms with Crippen molar-refractivity contribution in [1.29, 1.82) is 0 Å². The van der Waals surface area contributed by atoms with Crippen molar-refractivity contribution < 1.29 is 18.0 Å². The molecule has 1 aromatic carbocycles. The average molecular weight is 443 g/mol. The molecule has 1 heterocycles. The second-order valence-corrected chi connectivity index (χ2v) is 10.0. The van der Waals surface area contributed by atoms with Gasteiger partial charge in [0.1, 0.15) is 11.1 Å². The second-order valence-electron chi connectivity index (χ2n) is 6.45. The Hall–Kier alpha value is -2.04. The molecule has 1 aromatic heterocycles. The van der Waals surface area contributed by atoms with Crippen LogP contribution in [0.3, 0.4) is 0 Å². The van der Waals surface area contributed by atoms with Gasteiger partial charge in [0.25, 0.3) is 5.91 Å². The van der Waals surface area contributed by atoms with Gasteiger partial charge in [0.15, 0.2) is 15.5 Å². The molecule has 28 heavy (non-hydrogen) atoms. The Kier molecular flexibility index (Phi) is 6.31. The van der Waals surface area contributed by atoms with Gasteiger partial charge in [-0.15, -0.1) is 10.2 Å². The number of sulfone groups is 1. The molecule has 0 bridgehead atoms. The van der Waals surface area contributed by atoms with Crippen LogP contribution in [0.5, 0.6) is 0 Å².